The van der Waals surface area contributed by atoms with E-state index < -0.39 is 0 Å². The van der Waals surface area contributed by atoms with Crippen LogP contribution in [0.15, 0.2) is 0 Å². The lowest BCUT2D eigenvalue weighted by Gasteiger charge is -2.42. The number of aliphatic hydroxyl groups excluding tert-OH is 1. The van der Waals surface area contributed by atoms with Gasteiger partial charge in [0.05, 0.1) is 6.61 Å². The Balaban J connectivity index is 0.000000921. The van der Waals surface area contributed by atoms with Gasteiger partial charge in [0.25, 0.3) is 0 Å². The summed E-state index contributed by atoms with van der Waals surface area (Å²) in [5.41, 5.74) is 0. The molecular weight excluding hydrogens is 188 g/mol. The number of piperazine rings is 1. The first-order valence-corrected chi connectivity index (χ1v) is 6.28. The first-order valence-electron chi connectivity index (χ1n) is 6.28. The maximum absolute atomic E-state index is 9.26. The molecule has 0 aliphatic carbocycles. The SMILES string of the molecule is CC.CCN1CCN(C(C)C)C(CO)C1. The van der Waals surface area contributed by atoms with Crippen LogP contribution >= 0.6 is 0 Å². The molecule has 15 heavy (non-hydrogen) atoms. The molecule has 3 nitrogen and oxygen atoms in total. The average Bonchev–Trinajstić information content (AvgIpc) is 2.30. The molecule has 1 rings (SSSR count). The largest absolute Gasteiger partial charge is 0.395 e. The summed E-state index contributed by atoms with van der Waals surface area (Å²) in [4.78, 5) is 4.80. The first kappa shape index (κ1) is 14.9. The highest BCUT2D eigenvalue weighted by Gasteiger charge is 2.26. The quantitative estimate of drug-likeness (QED) is 0.773. The molecule has 1 unspecified atom stereocenters. The van der Waals surface area contributed by atoms with Gasteiger partial charge in [-0.05, 0) is 20.4 Å². The molecule has 92 valence electrons. The zero-order valence-corrected chi connectivity index (χ0v) is 11.0. The summed E-state index contributed by atoms with van der Waals surface area (Å²) in [5.74, 6) is 0. The second-order valence-corrected chi connectivity index (χ2v) is 4.06. The Labute approximate surface area is 95.1 Å². The second kappa shape index (κ2) is 8.08. The van der Waals surface area contributed by atoms with Crippen LogP contribution in [0.4, 0.5) is 0 Å². The summed E-state index contributed by atoms with van der Waals surface area (Å²) < 4.78 is 0. The van der Waals surface area contributed by atoms with Gasteiger partial charge in [0, 0.05) is 31.7 Å². The van der Waals surface area contributed by atoms with E-state index in [1.807, 2.05) is 13.8 Å². The van der Waals surface area contributed by atoms with Gasteiger partial charge in [0.15, 0.2) is 0 Å². The molecular formula is C12H28N2O. The van der Waals surface area contributed by atoms with Gasteiger partial charge in [-0.15, -0.1) is 0 Å². The molecule has 0 spiro atoms. The van der Waals surface area contributed by atoms with Crippen LogP contribution < -0.4 is 0 Å². The lowest BCUT2D eigenvalue weighted by molar-refractivity contribution is 0.0229. The van der Waals surface area contributed by atoms with Crippen molar-refractivity contribution in [1.82, 2.24) is 9.80 Å². The number of hydrogen-bond acceptors (Lipinski definition) is 3. The number of aliphatic hydroxyl groups is 1. The van der Waals surface area contributed by atoms with Crippen LogP contribution in [0.2, 0.25) is 0 Å². The van der Waals surface area contributed by atoms with E-state index >= 15 is 0 Å². The third-order valence-corrected chi connectivity index (χ3v) is 2.93. The molecule has 0 amide bonds. The van der Waals surface area contributed by atoms with Gasteiger partial charge in [-0.2, -0.15) is 0 Å². The van der Waals surface area contributed by atoms with Crippen LogP contribution in [0.1, 0.15) is 34.6 Å². The third kappa shape index (κ3) is 4.49. The Hall–Kier alpha value is -0.120. The van der Waals surface area contributed by atoms with Crippen molar-refractivity contribution in [1.29, 1.82) is 0 Å². The summed E-state index contributed by atoms with van der Waals surface area (Å²) in [5, 5.41) is 9.26. The van der Waals surface area contributed by atoms with Crippen molar-refractivity contribution >= 4 is 0 Å². The number of nitrogens with zero attached hydrogens (tertiary/aromatic N) is 2. The maximum Gasteiger partial charge on any atom is 0.0599 e. The van der Waals surface area contributed by atoms with E-state index in [2.05, 4.69) is 30.6 Å². The highest BCUT2D eigenvalue weighted by atomic mass is 16.3. The van der Waals surface area contributed by atoms with Gasteiger partial charge in [-0.3, -0.25) is 4.90 Å². The van der Waals surface area contributed by atoms with Gasteiger partial charge in [-0.25, -0.2) is 0 Å². The van der Waals surface area contributed by atoms with Crippen molar-refractivity contribution in [2.24, 2.45) is 0 Å². The smallest absolute Gasteiger partial charge is 0.0599 e. The average molecular weight is 216 g/mol. The van der Waals surface area contributed by atoms with Crippen molar-refractivity contribution in [3.63, 3.8) is 0 Å². The van der Waals surface area contributed by atoms with Crippen LogP contribution in [0.25, 0.3) is 0 Å². The normalized spacial score (nSPS) is 23.8. The Kier molecular flexibility index (Phi) is 8.02. The van der Waals surface area contributed by atoms with Crippen LogP contribution in [-0.4, -0.2) is 59.8 Å². The molecule has 1 aliphatic heterocycles. The Morgan fingerprint density at radius 1 is 1.27 bits per heavy atom. The fourth-order valence-corrected chi connectivity index (χ4v) is 2.06. The number of hydrogen-bond donors (Lipinski definition) is 1. The van der Waals surface area contributed by atoms with Crippen molar-refractivity contribution in [3.8, 4) is 0 Å². The van der Waals surface area contributed by atoms with Crippen LogP contribution in [0.3, 0.4) is 0 Å². The summed E-state index contributed by atoms with van der Waals surface area (Å²) in [6, 6.07) is 0.893. The summed E-state index contributed by atoms with van der Waals surface area (Å²) in [6.07, 6.45) is 0. The van der Waals surface area contributed by atoms with Gasteiger partial charge >= 0.3 is 0 Å². The molecule has 0 aromatic rings. The molecule has 1 saturated heterocycles. The zero-order chi connectivity index (χ0) is 11.8. The summed E-state index contributed by atoms with van der Waals surface area (Å²) >= 11 is 0. The standard InChI is InChI=1S/C10H22N2O.C2H6/c1-4-11-5-6-12(9(2)3)10(7-11)8-13;1-2/h9-10,13H,4-8H2,1-3H3;1-2H3. The van der Waals surface area contributed by atoms with Gasteiger partial charge < -0.3 is 10.0 Å². The molecule has 1 fully saturated rings. The van der Waals surface area contributed by atoms with Crippen molar-refractivity contribution in [3.05, 3.63) is 0 Å². The molecule has 0 saturated carbocycles. The predicted molar refractivity (Wildman–Crippen MR) is 66.2 cm³/mol. The molecule has 3 heteroatoms. The summed E-state index contributed by atoms with van der Waals surface area (Å²) in [6.45, 7) is 15.2. The molecule has 1 N–H and O–H groups in total. The zero-order valence-electron chi connectivity index (χ0n) is 11.0. The van der Waals surface area contributed by atoms with Crippen molar-refractivity contribution in [2.45, 2.75) is 46.7 Å². The lowest BCUT2D eigenvalue weighted by Crippen LogP contribution is -2.56. The Morgan fingerprint density at radius 2 is 1.87 bits per heavy atom. The molecule has 0 aromatic carbocycles. The minimum Gasteiger partial charge on any atom is -0.395 e. The Bertz CT molecular complexity index is 151. The second-order valence-electron chi connectivity index (χ2n) is 4.06. The first-order chi connectivity index (χ1) is 7.19. The van der Waals surface area contributed by atoms with E-state index in [1.54, 1.807) is 0 Å². The van der Waals surface area contributed by atoms with Crippen LogP contribution in [0, 0.1) is 0 Å². The van der Waals surface area contributed by atoms with Crippen molar-refractivity contribution in [2.75, 3.05) is 32.8 Å². The molecule has 0 radical (unpaired) electrons. The fraction of sp³-hybridized carbons (Fsp3) is 1.00. The fourth-order valence-electron chi connectivity index (χ4n) is 2.06. The van der Waals surface area contributed by atoms with Crippen LogP contribution in [0.5, 0.6) is 0 Å². The van der Waals surface area contributed by atoms with E-state index in [0.717, 1.165) is 26.2 Å². The molecule has 0 bridgehead atoms. The molecule has 1 heterocycles. The number of rotatable bonds is 3. The monoisotopic (exact) mass is 216 g/mol. The molecule has 1 atom stereocenters. The highest BCUT2D eigenvalue weighted by molar-refractivity contribution is 4.82. The number of likely N-dealkylation sites (N-methyl/N-ethyl adjacent to an activating group) is 1. The van der Waals surface area contributed by atoms with E-state index in [9.17, 15) is 5.11 Å². The molecule has 0 aromatic heterocycles. The van der Waals surface area contributed by atoms with E-state index in [0.29, 0.717) is 12.1 Å². The van der Waals surface area contributed by atoms with Gasteiger partial charge in [0.1, 0.15) is 0 Å². The minimum absolute atomic E-state index is 0.286. The highest BCUT2D eigenvalue weighted by Crippen LogP contribution is 2.12. The Morgan fingerprint density at radius 3 is 2.27 bits per heavy atom. The third-order valence-electron chi connectivity index (χ3n) is 2.93. The van der Waals surface area contributed by atoms with E-state index in [4.69, 9.17) is 0 Å². The summed E-state index contributed by atoms with van der Waals surface area (Å²) in [7, 11) is 0. The predicted octanol–water partition coefficient (Wildman–Crippen LogP) is 1.42. The van der Waals surface area contributed by atoms with Crippen molar-refractivity contribution < 1.29 is 5.11 Å². The van der Waals surface area contributed by atoms with Gasteiger partial charge in [0.2, 0.25) is 0 Å². The molecule has 1 aliphatic rings. The minimum atomic E-state index is 0.286. The van der Waals surface area contributed by atoms with Crippen LogP contribution in [-0.2, 0) is 0 Å². The lowest BCUT2D eigenvalue weighted by atomic mass is 10.1. The van der Waals surface area contributed by atoms with E-state index in [-0.39, 0.29) is 6.61 Å². The topological polar surface area (TPSA) is 26.7 Å². The van der Waals surface area contributed by atoms with E-state index in [1.165, 1.54) is 0 Å². The maximum atomic E-state index is 9.26. The van der Waals surface area contributed by atoms with Gasteiger partial charge in [-0.1, -0.05) is 20.8 Å².